The molecule has 2 N–H and O–H groups in total. The van der Waals surface area contributed by atoms with E-state index in [1.807, 2.05) is 30.3 Å². The molecule has 6 nitrogen and oxygen atoms in total. The van der Waals surface area contributed by atoms with Crippen molar-refractivity contribution in [1.82, 2.24) is 5.32 Å². The Morgan fingerprint density at radius 1 is 0.833 bits per heavy atom. The zero-order valence-electron chi connectivity index (χ0n) is 17.0. The van der Waals surface area contributed by atoms with Crippen LogP contribution in [0.25, 0.3) is 0 Å². The number of amides is 2. The van der Waals surface area contributed by atoms with Crippen LogP contribution in [0.1, 0.15) is 26.3 Å². The van der Waals surface area contributed by atoms with Gasteiger partial charge in [0.05, 0.1) is 25.5 Å². The van der Waals surface area contributed by atoms with Gasteiger partial charge in [-0.1, -0.05) is 42.5 Å². The van der Waals surface area contributed by atoms with Crippen molar-refractivity contribution < 1.29 is 19.1 Å². The Morgan fingerprint density at radius 2 is 1.60 bits per heavy atom. The van der Waals surface area contributed by atoms with Gasteiger partial charge in [-0.15, -0.1) is 0 Å². The highest BCUT2D eigenvalue weighted by Crippen LogP contribution is 2.29. The molecule has 0 radical (unpaired) electrons. The second kappa shape index (κ2) is 10.1. The van der Waals surface area contributed by atoms with Crippen LogP contribution in [0.4, 0.5) is 5.69 Å². The Balaban J connectivity index is 1.76. The first-order chi connectivity index (χ1) is 14.6. The Bertz CT molecular complexity index is 1020. The molecular weight excluding hydrogens is 380 g/mol. The molecular formula is C24H24N2O4. The Kier molecular flexibility index (Phi) is 7.05. The SMILES string of the molecule is COc1cccc(C(=O)Nc2c(OC)cccc2C(=O)NCCc2ccccc2)c1. The van der Waals surface area contributed by atoms with Crippen molar-refractivity contribution in [2.24, 2.45) is 0 Å². The van der Waals surface area contributed by atoms with Crippen LogP contribution in [0.3, 0.4) is 0 Å². The van der Waals surface area contributed by atoms with Crippen LogP contribution < -0.4 is 20.1 Å². The lowest BCUT2D eigenvalue weighted by Crippen LogP contribution is -2.27. The minimum Gasteiger partial charge on any atom is -0.497 e. The van der Waals surface area contributed by atoms with E-state index in [1.165, 1.54) is 14.2 Å². The van der Waals surface area contributed by atoms with Crippen molar-refractivity contribution >= 4 is 17.5 Å². The molecule has 3 aromatic carbocycles. The summed E-state index contributed by atoms with van der Waals surface area (Å²) in [7, 11) is 3.03. The fourth-order valence-electron chi connectivity index (χ4n) is 3.03. The van der Waals surface area contributed by atoms with E-state index >= 15 is 0 Å². The van der Waals surface area contributed by atoms with Crippen molar-refractivity contribution in [3.63, 3.8) is 0 Å². The average molecular weight is 404 g/mol. The Hall–Kier alpha value is -3.80. The summed E-state index contributed by atoms with van der Waals surface area (Å²) in [6.07, 6.45) is 0.710. The Labute approximate surface area is 175 Å². The molecule has 0 atom stereocenters. The van der Waals surface area contributed by atoms with Crippen LogP contribution in [0.15, 0.2) is 72.8 Å². The largest absolute Gasteiger partial charge is 0.497 e. The molecule has 30 heavy (non-hydrogen) atoms. The van der Waals surface area contributed by atoms with Crippen molar-refractivity contribution in [3.8, 4) is 11.5 Å². The summed E-state index contributed by atoms with van der Waals surface area (Å²) < 4.78 is 10.5. The maximum atomic E-state index is 12.8. The molecule has 3 aromatic rings. The number of hydrogen-bond acceptors (Lipinski definition) is 4. The zero-order valence-corrected chi connectivity index (χ0v) is 17.0. The van der Waals surface area contributed by atoms with E-state index in [4.69, 9.17) is 9.47 Å². The van der Waals surface area contributed by atoms with Gasteiger partial charge in [0, 0.05) is 12.1 Å². The second-order valence-corrected chi connectivity index (χ2v) is 6.56. The highest BCUT2D eigenvalue weighted by atomic mass is 16.5. The third kappa shape index (κ3) is 5.17. The summed E-state index contributed by atoms with van der Waals surface area (Å²) in [5.41, 5.74) is 2.20. The molecule has 0 unspecified atom stereocenters. The molecule has 0 bridgehead atoms. The molecule has 6 heteroatoms. The molecule has 0 fully saturated rings. The lowest BCUT2D eigenvalue weighted by atomic mass is 10.1. The maximum Gasteiger partial charge on any atom is 0.255 e. The normalized spacial score (nSPS) is 10.2. The summed E-state index contributed by atoms with van der Waals surface area (Å²) >= 11 is 0. The molecule has 0 aliphatic carbocycles. The zero-order chi connectivity index (χ0) is 21.3. The molecule has 0 aliphatic rings. The van der Waals surface area contributed by atoms with Gasteiger partial charge in [0.2, 0.25) is 0 Å². The quantitative estimate of drug-likeness (QED) is 0.596. The number of ether oxygens (including phenoxy) is 2. The summed E-state index contributed by atoms with van der Waals surface area (Å²) in [4.78, 5) is 25.6. The van der Waals surface area contributed by atoms with Gasteiger partial charge in [-0.3, -0.25) is 9.59 Å². The average Bonchev–Trinajstić information content (AvgIpc) is 2.79. The van der Waals surface area contributed by atoms with Crippen LogP contribution in [0.5, 0.6) is 11.5 Å². The van der Waals surface area contributed by atoms with Crippen molar-refractivity contribution in [2.75, 3.05) is 26.1 Å². The summed E-state index contributed by atoms with van der Waals surface area (Å²) in [6, 6.07) is 21.8. The van der Waals surface area contributed by atoms with E-state index in [0.29, 0.717) is 41.3 Å². The first-order valence-corrected chi connectivity index (χ1v) is 9.57. The minimum atomic E-state index is -0.364. The third-order valence-electron chi connectivity index (χ3n) is 4.60. The van der Waals surface area contributed by atoms with Crippen LogP contribution in [0, 0.1) is 0 Å². The fraction of sp³-hybridized carbons (Fsp3) is 0.167. The predicted molar refractivity (Wildman–Crippen MR) is 116 cm³/mol. The van der Waals surface area contributed by atoms with Gasteiger partial charge in [0.15, 0.2) is 0 Å². The molecule has 0 aromatic heterocycles. The van der Waals surface area contributed by atoms with Gasteiger partial charge in [0.1, 0.15) is 11.5 Å². The second-order valence-electron chi connectivity index (χ2n) is 6.56. The third-order valence-corrected chi connectivity index (χ3v) is 4.60. The van der Waals surface area contributed by atoms with Gasteiger partial charge in [-0.05, 0) is 42.3 Å². The Morgan fingerprint density at radius 3 is 2.33 bits per heavy atom. The molecule has 0 aliphatic heterocycles. The molecule has 0 heterocycles. The van der Waals surface area contributed by atoms with E-state index in [0.717, 1.165) is 5.56 Å². The van der Waals surface area contributed by atoms with Crippen molar-refractivity contribution in [1.29, 1.82) is 0 Å². The highest BCUT2D eigenvalue weighted by molar-refractivity contribution is 6.10. The number of anilines is 1. The van der Waals surface area contributed by atoms with Gasteiger partial charge in [-0.25, -0.2) is 0 Å². The minimum absolute atomic E-state index is 0.286. The van der Waals surface area contributed by atoms with E-state index in [2.05, 4.69) is 10.6 Å². The van der Waals surface area contributed by atoms with E-state index in [1.54, 1.807) is 42.5 Å². The van der Waals surface area contributed by atoms with Crippen molar-refractivity contribution in [2.45, 2.75) is 6.42 Å². The van der Waals surface area contributed by atoms with Gasteiger partial charge in [-0.2, -0.15) is 0 Å². The lowest BCUT2D eigenvalue weighted by molar-refractivity contribution is 0.0954. The number of methoxy groups -OCH3 is 2. The number of benzene rings is 3. The number of rotatable bonds is 8. The van der Waals surface area contributed by atoms with Crippen LogP contribution in [-0.2, 0) is 6.42 Å². The number of para-hydroxylation sites is 1. The molecule has 0 spiro atoms. The molecule has 0 saturated heterocycles. The molecule has 0 saturated carbocycles. The first-order valence-electron chi connectivity index (χ1n) is 9.57. The number of hydrogen-bond donors (Lipinski definition) is 2. The standard InChI is InChI=1S/C24H24N2O4/c1-29-19-11-6-10-18(16-19)23(27)26-22-20(12-7-13-21(22)30-2)24(28)25-15-14-17-8-4-3-5-9-17/h3-13,16H,14-15H2,1-2H3,(H,25,28)(H,26,27). The number of nitrogens with one attached hydrogen (secondary N) is 2. The number of carbonyl (C=O) groups excluding carboxylic acids is 2. The van der Waals surface area contributed by atoms with E-state index in [-0.39, 0.29) is 11.8 Å². The van der Waals surface area contributed by atoms with Gasteiger partial charge >= 0.3 is 0 Å². The monoisotopic (exact) mass is 404 g/mol. The van der Waals surface area contributed by atoms with E-state index in [9.17, 15) is 9.59 Å². The van der Waals surface area contributed by atoms with Crippen LogP contribution >= 0.6 is 0 Å². The highest BCUT2D eigenvalue weighted by Gasteiger charge is 2.18. The number of carbonyl (C=O) groups is 2. The smallest absolute Gasteiger partial charge is 0.255 e. The van der Waals surface area contributed by atoms with E-state index < -0.39 is 0 Å². The van der Waals surface area contributed by atoms with Crippen molar-refractivity contribution in [3.05, 3.63) is 89.5 Å². The first kappa shape index (κ1) is 20.9. The summed E-state index contributed by atoms with van der Waals surface area (Å²) in [6.45, 7) is 0.476. The molecule has 154 valence electrons. The maximum absolute atomic E-state index is 12.8. The topological polar surface area (TPSA) is 76.7 Å². The fourth-order valence-corrected chi connectivity index (χ4v) is 3.03. The molecule has 3 rings (SSSR count). The molecule has 2 amide bonds. The van der Waals surface area contributed by atoms with Gasteiger partial charge < -0.3 is 20.1 Å². The van der Waals surface area contributed by atoms with Crippen LogP contribution in [0.2, 0.25) is 0 Å². The summed E-state index contributed by atoms with van der Waals surface area (Å²) in [5.74, 6) is 0.325. The van der Waals surface area contributed by atoms with Crippen LogP contribution in [-0.4, -0.2) is 32.6 Å². The van der Waals surface area contributed by atoms with Gasteiger partial charge in [0.25, 0.3) is 11.8 Å². The summed E-state index contributed by atoms with van der Waals surface area (Å²) in [5, 5.41) is 5.71. The predicted octanol–water partition coefficient (Wildman–Crippen LogP) is 3.93. The lowest BCUT2D eigenvalue weighted by Gasteiger charge is -2.15.